The number of rotatable bonds is 6. The van der Waals surface area contributed by atoms with E-state index >= 15 is 0 Å². The van der Waals surface area contributed by atoms with Crippen molar-refractivity contribution in [2.24, 2.45) is 0 Å². The summed E-state index contributed by atoms with van der Waals surface area (Å²) in [4.78, 5) is 14.9. The summed E-state index contributed by atoms with van der Waals surface area (Å²) in [5, 5.41) is 2.06. The van der Waals surface area contributed by atoms with E-state index in [-0.39, 0.29) is 28.9 Å². The second-order valence-electron chi connectivity index (χ2n) is 15.2. The van der Waals surface area contributed by atoms with Crippen LogP contribution in [0.3, 0.4) is 0 Å². The molecule has 0 N–H and O–H groups in total. The number of furan rings is 1. The van der Waals surface area contributed by atoms with Gasteiger partial charge in [-0.2, -0.15) is 0 Å². The molecule has 0 bridgehead atoms. The van der Waals surface area contributed by atoms with E-state index in [1.165, 1.54) is 11.1 Å². The second kappa shape index (κ2) is 13.4. The summed E-state index contributed by atoms with van der Waals surface area (Å²) in [5.74, 6) is 0.639. The largest absolute Gasteiger partial charge is 0.456 e. The van der Waals surface area contributed by atoms with Crippen LogP contribution in [0, 0.1) is 0 Å². The van der Waals surface area contributed by atoms with Crippen LogP contribution in [0.25, 0.3) is 101 Å². The predicted molar refractivity (Wildman–Crippen MR) is 237 cm³/mol. The fourth-order valence-corrected chi connectivity index (χ4v) is 8.60. The highest BCUT2D eigenvalue weighted by atomic mass is 16.3. The van der Waals surface area contributed by atoms with Gasteiger partial charge in [-0.05, 0) is 79.9 Å². The Balaban J connectivity index is 1.04. The van der Waals surface area contributed by atoms with E-state index in [1.54, 1.807) is 0 Å². The van der Waals surface area contributed by atoms with Crippen molar-refractivity contribution in [1.82, 2.24) is 15.0 Å². The molecule has 0 unspecified atom stereocenters. The summed E-state index contributed by atoms with van der Waals surface area (Å²) in [5.41, 5.74) is 13.4. The maximum atomic E-state index is 8.87. The minimum absolute atomic E-state index is 0.00486. The van der Waals surface area contributed by atoms with Crippen LogP contribution >= 0.6 is 0 Å². The molecule has 0 fully saturated rings. The van der Waals surface area contributed by atoms with E-state index in [2.05, 4.69) is 105 Å². The molecule has 8 aromatic carbocycles. The predicted octanol–water partition coefficient (Wildman–Crippen LogP) is 14.1. The van der Waals surface area contributed by atoms with Gasteiger partial charge in [0.2, 0.25) is 0 Å². The Morgan fingerprint density at radius 3 is 1.86 bits per heavy atom. The third-order valence-corrected chi connectivity index (χ3v) is 11.5. The van der Waals surface area contributed by atoms with Gasteiger partial charge in [0.15, 0.2) is 17.5 Å². The molecule has 11 rings (SSSR count). The van der Waals surface area contributed by atoms with E-state index in [4.69, 9.17) is 26.2 Å². The van der Waals surface area contributed by atoms with E-state index < -0.39 is 18.1 Å². The summed E-state index contributed by atoms with van der Waals surface area (Å²) < 4.78 is 49.5. The van der Waals surface area contributed by atoms with Crippen molar-refractivity contribution in [2.75, 3.05) is 0 Å². The Hall–Kier alpha value is -7.43. The molecule has 0 amide bonds. The van der Waals surface area contributed by atoms with Gasteiger partial charge in [0.1, 0.15) is 11.2 Å². The molecule has 0 atom stereocenters. The summed E-state index contributed by atoms with van der Waals surface area (Å²) in [6, 6.07) is 51.6. The fourth-order valence-electron chi connectivity index (χ4n) is 8.60. The first kappa shape index (κ1) is 28.9. The van der Waals surface area contributed by atoms with E-state index in [0.29, 0.717) is 17.2 Å². The van der Waals surface area contributed by atoms with Crippen molar-refractivity contribution in [3.63, 3.8) is 0 Å². The van der Waals surface area contributed by atoms with Crippen LogP contribution in [0.1, 0.15) is 31.8 Å². The first-order valence-electron chi connectivity index (χ1n) is 21.9. The van der Waals surface area contributed by atoms with Crippen molar-refractivity contribution in [3.05, 3.63) is 199 Å². The molecule has 0 spiro atoms. The van der Waals surface area contributed by atoms with Gasteiger partial charge in [-0.25, -0.2) is 15.0 Å². The molecule has 58 heavy (non-hydrogen) atoms. The lowest BCUT2D eigenvalue weighted by Crippen LogP contribution is -2.14. The van der Waals surface area contributed by atoms with Crippen LogP contribution in [0.2, 0.25) is 0 Å². The molecular weight excluding hydrogens is 707 g/mol. The molecule has 274 valence electrons. The topological polar surface area (TPSA) is 51.8 Å². The lowest BCUT2D eigenvalue weighted by molar-refractivity contribution is 0.660. The summed E-state index contributed by atoms with van der Waals surface area (Å²) in [6.45, 7) is 4.41. The Morgan fingerprint density at radius 2 is 1.02 bits per heavy atom. The first-order valence-corrected chi connectivity index (χ1v) is 19.4. The van der Waals surface area contributed by atoms with Crippen molar-refractivity contribution < 1.29 is 11.3 Å². The smallest absolute Gasteiger partial charge is 0.164 e. The Bertz CT molecular complexity index is 3460. The molecule has 4 heteroatoms. The van der Waals surface area contributed by atoms with E-state index in [1.807, 2.05) is 66.7 Å². The van der Waals surface area contributed by atoms with Gasteiger partial charge in [0.05, 0.1) is 6.85 Å². The van der Waals surface area contributed by atoms with Gasteiger partial charge in [0, 0.05) is 32.9 Å². The maximum Gasteiger partial charge on any atom is 0.164 e. The number of aromatic nitrogens is 3. The van der Waals surface area contributed by atoms with Crippen molar-refractivity contribution >= 4 is 21.9 Å². The summed E-state index contributed by atoms with van der Waals surface area (Å²) in [6.07, 6.45) is 0. The highest BCUT2D eigenvalue weighted by Crippen LogP contribution is 2.51. The molecule has 10 aromatic rings. The van der Waals surface area contributed by atoms with Gasteiger partial charge >= 0.3 is 0 Å². The monoisotopic (exact) mass is 748 g/mol. The van der Waals surface area contributed by atoms with E-state index in [0.717, 1.165) is 72.0 Å². The quantitative estimate of drug-likeness (QED) is 0.170. The van der Waals surface area contributed by atoms with Crippen LogP contribution in [0.15, 0.2) is 192 Å². The highest BCUT2D eigenvalue weighted by Gasteiger charge is 2.37. The van der Waals surface area contributed by atoms with Gasteiger partial charge in [-0.1, -0.05) is 178 Å². The Labute approximate surface area is 344 Å². The minimum Gasteiger partial charge on any atom is -0.456 e. The van der Waals surface area contributed by atoms with Gasteiger partial charge in [-0.15, -0.1) is 0 Å². The summed E-state index contributed by atoms with van der Waals surface area (Å²) >= 11 is 0. The van der Waals surface area contributed by atoms with Crippen molar-refractivity contribution in [1.29, 1.82) is 0 Å². The number of nitrogens with zero attached hydrogens (tertiary/aromatic N) is 3. The molecule has 4 nitrogen and oxygen atoms in total. The molecular formula is C54H37N3O. The molecule has 2 heterocycles. The highest BCUT2D eigenvalue weighted by molar-refractivity contribution is 6.13. The lowest BCUT2D eigenvalue weighted by Gasteiger charge is -2.21. The third kappa shape index (κ3) is 5.56. The standard InChI is InChI=1S/C54H37N3O/c1-54(2)45-23-10-9-20-42(45)49-44(22-12-24-46(49)54)53-56-51(37-16-7-4-8-17-37)55-52(57-53)40-19-11-18-38(32-40)39-30-31-43-48(33-39)58-47-25-13-21-41(50(43)47)36-28-26-35(27-29-36)34-14-5-3-6-15-34/h3-33H,1-2H3/i4D,7D,8D,16D,17D. The van der Waals surface area contributed by atoms with Gasteiger partial charge in [0.25, 0.3) is 0 Å². The van der Waals surface area contributed by atoms with Gasteiger partial charge in [-0.3, -0.25) is 0 Å². The number of hydrogen-bond donors (Lipinski definition) is 0. The van der Waals surface area contributed by atoms with Crippen LogP contribution in [0.4, 0.5) is 0 Å². The average Bonchev–Trinajstić information content (AvgIpc) is 3.82. The number of benzene rings is 8. The second-order valence-corrected chi connectivity index (χ2v) is 15.2. The molecule has 0 radical (unpaired) electrons. The molecule has 0 saturated heterocycles. The van der Waals surface area contributed by atoms with Gasteiger partial charge < -0.3 is 4.42 Å². The Kier molecular flexibility index (Phi) is 6.66. The minimum atomic E-state index is -0.481. The number of hydrogen-bond acceptors (Lipinski definition) is 4. The molecule has 1 aliphatic carbocycles. The van der Waals surface area contributed by atoms with Crippen LogP contribution in [-0.4, -0.2) is 15.0 Å². The number of fused-ring (bicyclic) bond motifs is 6. The van der Waals surface area contributed by atoms with Crippen molar-refractivity contribution in [3.8, 4) is 78.7 Å². The first-order chi connectivity index (χ1) is 30.6. The zero-order valence-electron chi connectivity index (χ0n) is 36.8. The normalized spacial score (nSPS) is 14.0. The zero-order valence-corrected chi connectivity index (χ0v) is 31.8. The molecule has 1 aliphatic rings. The SMILES string of the molecule is [2H]c1c([2H])c([2H])c(-c2nc(-c3cccc(-c4ccc5c(c4)oc4cccc(-c6ccc(-c7ccccc7)cc6)c45)c3)nc(-c3cccc4c3-c3ccccc3C4(C)C)n2)c([2H])c1[2H]. The van der Waals surface area contributed by atoms with Crippen LogP contribution in [0.5, 0.6) is 0 Å². The maximum absolute atomic E-state index is 8.87. The molecule has 0 saturated carbocycles. The molecule has 2 aromatic heterocycles. The fraction of sp³-hybridized carbons (Fsp3) is 0.0556. The third-order valence-electron chi connectivity index (χ3n) is 11.5. The van der Waals surface area contributed by atoms with Crippen molar-refractivity contribution in [2.45, 2.75) is 19.3 Å². The molecule has 0 aliphatic heterocycles. The van der Waals surface area contributed by atoms with Crippen LogP contribution < -0.4 is 0 Å². The van der Waals surface area contributed by atoms with E-state index in [9.17, 15) is 0 Å². The van der Waals surface area contributed by atoms with Crippen LogP contribution in [-0.2, 0) is 5.41 Å². The Morgan fingerprint density at radius 1 is 0.431 bits per heavy atom. The average molecular weight is 749 g/mol. The zero-order chi connectivity index (χ0) is 43.1. The summed E-state index contributed by atoms with van der Waals surface area (Å²) in [7, 11) is 0. The lowest BCUT2D eigenvalue weighted by atomic mass is 9.82.